The van der Waals surface area contributed by atoms with E-state index in [2.05, 4.69) is 16.0 Å². The van der Waals surface area contributed by atoms with E-state index in [1.807, 2.05) is 4.90 Å². The van der Waals surface area contributed by atoms with E-state index in [4.69, 9.17) is 0 Å². The van der Waals surface area contributed by atoms with Crippen molar-refractivity contribution in [1.29, 1.82) is 0 Å². The Morgan fingerprint density at radius 3 is 2.27 bits per heavy atom. The number of carbonyl (C=O) groups excluding carboxylic acids is 3. The predicted molar refractivity (Wildman–Crippen MR) is 99.0 cm³/mol. The van der Waals surface area contributed by atoms with Gasteiger partial charge < -0.3 is 15.5 Å². The van der Waals surface area contributed by atoms with Gasteiger partial charge in [-0.15, -0.1) is 0 Å². The lowest BCUT2D eigenvalue weighted by atomic mass is 10.2. The van der Waals surface area contributed by atoms with E-state index in [1.54, 1.807) is 24.3 Å². The average Bonchev–Trinajstić information content (AvgIpc) is 3.33. The van der Waals surface area contributed by atoms with Gasteiger partial charge in [-0.05, 0) is 49.9 Å². The molecule has 0 aromatic heterocycles. The molecule has 2 aliphatic rings. The molecular formula is C19H26N4O3. The topological polar surface area (TPSA) is 90.5 Å². The van der Waals surface area contributed by atoms with Gasteiger partial charge in [0.2, 0.25) is 5.91 Å². The number of hydrogen-bond acceptors (Lipinski definition) is 4. The van der Waals surface area contributed by atoms with E-state index < -0.39 is 11.9 Å². The Bertz CT molecular complexity index is 647. The number of urea groups is 1. The molecule has 1 aromatic carbocycles. The Hall–Kier alpha value is -2.57. The van der Waals surface area contributed by atoms with Crippen LogP contribution >= 0.6 is 0 Å². The molecule has 0 spiro atoms. The highest BCUT2D eigenvalue weighted by molar-refractivity contribution is 5.96. The standard InChI is InChI=1S/C19H26N4O3/c24-17(22-19(26)21-16-5-1-2-6-16)13-20-15-9-7-14(8-10-15)18(25)23-11-3-4-12-23/h7-10,16,20H,1-6,11-13H2,(H2,21,22,24,26). The molecule has 1 aliphatic carbocycles. The summed E-state index contributed by atoms with van der Waals surface area (Å²) in [4.78, 5) is 37.8. The number of imide groups is 1. The molecule has 7 nitrogen and oxygen atoms in total. The molecule has 1 aromatic rings. The molecule has 4 amide bonds. The van der Waals surface area contributed by atoms with Crippen molar-refractivity contribution in [3.63, 3.8) is 0 Å². The second-order valence-electron chi connectivity index (χ2n) is 6.93. The Morgan fingerprint density at radius 1 is 0.962 bits per heavy atom. The van der Waals surface area contributed by atoms with Crippen LogP contribution in [0.3, 0.4) is 0 Å². The van der Waals surface area contributed by atoms with Crippen molar-refractivity contribution in [1.82, 2.24) is 15.5 Å². The van der Waals surface area contributed by atoms with Crippen LogP contribution < -0.4 is 16.0 Å². The Kier molecular flexibility index (Phi) is 6.09. The molecule has 0 unspecified atom stereocenters. The molecule has 0 bridgehead atoms. The van der Waals surface area contributed by atoms with Crippen LogP contribution in [0.15, 0.2) is 24.3 Å². The molecule has 3 N–H and O–H groups in total. The SMILES string of the molecule is O=C(CNc1ccc(C(=O)N2CCCC2)cc1)NC(=O)NC1CCCC1. The van der Waals surface area contributed by atoms with E-state index >= 15 is 0 Å². The van der Waals surface area contributed by atoms with Crippen molar-refractivity contribution < 1.29 is 14.4 Å². The van der Waals surface area contributed by atoms with Crippen molar-refractivity contribution in [3.8, 4) is 0 Å². The van der Waals surface area contributed by atoms with E-state index in [9.17, 15) is 14.4 Å². The summed E-state index contributed by atoms with van der Waals surface area (Å²) in [7, 11) is 0. The number of nitrogens with one attached hydrogen (secondary N) is 3. The summed E-state index contributed by atoms with van der Waals surface area (Å²) in [6.07, 6.45) is 6.32. The molecule has 1 aliphatic heterocycles. The Morgan fingerprint density at radius 2 is 1.62 bits per heavy atom. The summed E-state index contributed by atoms with van der Waals surface area (Å²) >= 11 is 0. The third kappa shape index (κ3) is 4.97. The highest BCUT2D eigenvalue weighted by atomic mass is 16.2. The highest BCUT2D eigenvalue weighted by Crippen LogP contribution is 2.17. The molecule has 1 saturated heterocycles. The maximum Gasteiger partial charge on any atom is 0.321 e. The second kappa shape index (κ2) is 8.69. The van der Waals surface area contributed by atoms with E-state index in [1.165, 1.54) is 0 Å². The maximum atomic E-state index is 12.3. The third-order valence-corrected chi connectivity index (χ3v) is 4.92. The minimum Gasteiger partial charge on any atom is -0.376 e. The number of amides is 4. The summed E-state index contributed by atoms with van der Waals surface area (Å²) < 4.78 is 0. The maximum absolute atomic E-state index is 12.3. The van der Waals surface area contributed by atoms with Gasteiger partial charge in [-0.1, -0.05) is 12.8 Å². The highest BCUT2D eigenvalue weighted by Gasteiger charge is 2.19. The zero-order valence-corrected chi connectivity index (χ0v) is 14.9. The van der Waals surface area contributed by atoms with Gasteiger partial charge in [-0.3, -0.25) is 14.9 Å². The fraction of sp³-hybridized carbons (Fsp3) is 0.526. The molecule has 7 heteroatoms. The fourth-order valence-corrected chi connectivity index (χ4v) is 3.48. The molecule has 3 rings (SSSR count). The van der Waals surface area contributed by atoms with Gasteiger partial charge in [0.15, 0.2) is 0 Å². The zero-order chi connectivity index (χ0) is 18.4. The molecule has 140 valence electrons. The third-order valence-electron chi connectivity index (χ3n) is 4.92. The molecule has 1 heterocycles. The van der Waals surface area contributed by atoms with E-state index in [0.717, 1.165) is 57.3 Å². The first-order valence-electron chi connectivity index (χ1n) is 9.35. The molecule has 0 radical (unpaired) electrons. The van der Waals surface area contributed by atoms with Crippen molar-refractivity contribution in [3.05, 3.63) is 29.8 Å². The zero-order valence-electron chi connectivity index (χ0n) is 14.9. The summed E-state index contributed by atoms with van der Waals surface area (Å²) in [5, 5.41) is 8.11. The number of hydrogen-bond donors (Lipinski definition) is 3. The number of likely N-dealkylation sites (tertiary alicyclic amines) is 1. The monoisotopic (exact) mass is 358 g/mol. The van der Waals surface area contributed by atoms with Crippen LogP contribution in [-0.4, -0.2) is 48.4 Å². The second-order valence-corrected chi connectivity index (χ2v) is 6.93. The summed E-state index contributed by atoms with van der Waals surface area (Å²) in [5.41, 5.74) is 1.38. The molecular weight excluding hydrogens is 332 g/mol. The summed E-state index contributed by atoms with van der Waals surface area (Å²) in [6, 6.07) is 6.80. The number of anilines is 1. The predicted octanol–water partition coefficient (Wildman–Crippen LogP) is 2.10. The smallest absolute Gasteiger partial charge is 0.321 e. The molecule has 1 saturated carbocycles. The van der Waals surface area contributed by atoms with Crippen LogP contribution in [0.4, 0.5) is 10.5 Å². The van der Waals surface area contributed by atoms with Crippen LogP contribution in [0.2, 0.25) is 0 Å². The Labute approximate surface area is 153 Å². The number of rotatable bonds is 5. The molecule has 2 fully saturated rings. The number of nitrogens with zero attached hydrogens (tertiary/aromatic N) is 1. The average molecular weight is 358 g/mol. The summed E-state index contributed by atoms with van der Waals surface area (Å²) in [5.74, 6) is -0.340. The fourth-order valence-electron chi connectivity index (χ4n) is 3.48. The van der Waals surface area contributed by atoms with Crippen LogP contribution in [0.25, 0.3) is 0 Å². The first-order chi connectivity index (χ1) is 12.6. The number of carbonyl (C=O) groups is 3. The van der Waals surface area contributed by atoms with Gasteiger partial charge in [0.25, 0.3) is 5.91 Å². The van der Waals surface area contributed by atoms with Crippen LogP contribution in [0, 0.1) is 0 Å². The first-order valence-corrected chi connectivity index (χ1v) is 9.35. The normalized spacial score (nSPS) is 17.2. The van der Waals surface area contributed by atoms with Crippen LogP contribution in [-0.2, 0) is 4.79 Å². The van der Waals surface area contributed by atoms with E-state index in [0.29, 0.717) is 5.56 Å². The lowest BCUT2D eigenvalue weighted by molar-refractivity contribution is -0.118. The largest absolute Gasteiger partial charge is 0.376 e. The van der Waals surface area contributed by atoms with Gasteiger partial charge in [-0.2, -0.15) is 0 Å². The van der Waals surface area contributed by atoms with Gasteiger partial charge in [0.05, 0.1) is 6.54 Å². The summed E-state index contributed by atoms with van der Waals surface area (Å²) in [6.45, 7) is 1.64. The molecule has 0 atom stereocenters. The Balaban J connectivity index is 1.41. The minimum atomic E-state index is -0.435. The van der Waals surface area contributed by atoms with Gasteiger partial charge in [0, 0.05) is 30.4 Å². The van der Waals surface area contributed by atoms with Crippen LogP contribution in [0.1, 0.15) is 48.9 Å². The van der Waals surface area contributed by atoms with Crippen molar-refractivity contribution >= 4 is 23.5 Å². The van der Waals surface area contributed by atoms with Crippen molar-refractivity contribution in [2.45, 2.75) is 44.6 Å². The lowest BCUT2D eigenvalue weighted by Gasteiger charge is -2.15. The lowest BCUT2D eigenvalue weighted by Crippen LogP contribution is -2.45. The minimum absolute atomic E-state index is 0.00248. The van der Waals surface area contributed by atoms with E-state index in [-0.39, 0.29) is 18.5 Å². The van der Waals surface area contributed by atoms with Gasteiger partial charge in [-0.25, -0.2) is 4.79 Å². The van der Waals surface area contributed by atoms with Gasteiger partial charge in [0.1, 0.15) is 0 Å². The van der Waals surface area contributed by atoms with Gasteiger partial charge >= 0.3 is 6.03 Å². The van der Waals surface area contributed by atoms with Crippen molar-refractivity contribution in [2.24, 2.45) is 0 Å². The van der Waals surface area contributed by atoms with Crippen molar-refractivity contribution in [2.75, 3.05) is 25.0 Å². The quantitative estimate of drug-likeness (QED) is 0.752. The first kappa shape index (κ1) is 18.2. The van der Waals surface area contributed by atoms with Crippen LogP contribution in [0.5, 0.6) is 0 Å². The number of benzene rings is 1. The molecule has 26 heavy (non-hydrogen) atoms.